The molecule has 1 N–H and O–H groups in total. The van der Waals surface area contributed by atoms with Crippen LogP contribution in [0, 0.1) is 12.7 Å². The normalized spacial score (nSPS) is 10.9. The summed E-state index contributed by atoms with van der Waals surface area (Å²) in [5, 5.41) is 3.35. The topological polar surface area (TPSA) is 37.8 Å². The lowest BCUT2D eigenvalue weighted by Gasteiger charge is -2.13. The van der Waals surface area contributed by atoms with Crippen LogP contribution in [-0.2, 0) is 0 Å². The molecule has 0 saturated carbocycles. The van der Waals surface area contributed by atoms with Gasteiger partial charge in [0.05, 0.1) is 5.69 Å². The van der Waals surface area contributed by atoms with Crippen LogP contribution in [0.2, 0.25) is 5.15 Å². The first kappa shape index (κ1) is 15.2. The average Bonchev–Trinajstić information content (AvgIpc) is 2.38. The molecule has 1 heterocycles. The molecule has 0 aliphatic rings. The van der Waals surface area contributed by atoms with Crippen molar-refractivity contribution in [2.45, 2.75) is 26.7 Å². The average molecular weight is 359 g/mol. The van der Waals surface area contributed by atoms with Crippen LogP contribution in [0.1, 0.15) is 31.2 Å². The summed E-state index contributed by atoms with van der Waals surface area (Å²) in [5.41, 5.74) is 1.03. The first-order valence-electron chi connectivity index (χ1n) is 6.14. The molecule has 106 valence electrons. The van der Waals surface area contributed by atoms with Gasteiger partial charge in [-0.05, 0) is 25.1 Å². The first-order chi connectivity index (χ1) is 9.38. The predicted octanol–water partition coefficient (Wildman–Crippen LogP) is 5.21. The minimum absolute atomic E-state index is 0.140. The predicted molar refractivity (Wildman–Crippen MR) is 83.3 cm³/mol. The molecule has 20 heavy (non-hydrogen) atoms. The van der Waals surface area contributed by atoms with Crippen molar-refractivity contribution in [3.05, 3.63) is 45.0 Å². The van der Waals surface area contributed by atoms with E-state index in [4.69, 9.17) is 11.6 Å². The molecular weight excluding hydrogens is 345 g/mol. The number of nitrogens with one attached hydrogen (secondary N) is 1. The van der Waals surface area contributed by atoms with Gasteiger partial charge in [-0.1, -0.05) is 41.4 Å². The Morgan fingerprint density at radius 2 is 2.00 bits per heavy atom. The maximum absolute atomic E-state index is 13.8. The highest BCUT2D eigenvalue weighted by molar-refractivity contribution is 9.10. The van der Waals surface area contributed by atoms with Crippen molar-refractivity contribution in [1.82, 2.24) is 9.97 Å². The third-order valence-corrected chi connectivity index (χ3v) is 3.66. The van der Waals surface area contributed by atoms with E-state index in [0.29, 0.717) is 28.0 Å². The van der Waals surface area contributed by atoms with Crippen molar-refractivity contribution < 1.29 is 4.39 Å². The molecule has 1 aromatic carbocycles. The molecule has 3 nitrogen and oxygen atoms in total. The van der Waals surface area contributed by atoms with Crippen LogP contribution in [0.4, 0.5) is 15.9 Å². The van der Waals surface area contributed by atoms with Crippen molar-refractivity contribution >= 4 is 39.0 Å². The zero-order valence-corrected chi connectivity index (χ0v) is 13.7. The third kappa shape index (κ3) is 3.27. The summed E-state index contributed by atoms with van der Waals surface area (Å²) in [6.07, 6.45) is 0. The van der Waals surface area contributed by atoms with Crippen LogP contribution in [0.15, 0.2) is 22.7 Å². The Balaban J connectivity index is 2.45. The van der Waals surface area contributed by atoms with Gasteiger partial charge in [-0.25, -0.2) is 14.4 Å². The second-order valence-electron chi connectivity index (χ2n) is 4.75. The maximum Gasteiger partial charge on any atom is 0.146 e. The summed E-state index contributed by atoms with van der Waals surface area (Å²) in [4.78, 5) is 8.64. The van der Waals surface area contributed by atoms with Gasteiger partial charge in [0.1, 0.15) is 22.6 Å². The Morgan fingerprint density at radius 1 is 1.30 bits per heavy atom. The molecule has 0 aliphatic carbocycles. The molecule has 0 atom stereocenters. The van der Waals surface area contributed by atoms with Gasteiger partial charge in [-0.3, -0.25) is 0 Å². The lowest BCUT2D eigenvalue weighted by molar-refractivity contribution is 0.631. The zero-order chi connectivity index (χ0) is 14.9. The van der Waals surface area contributed by atoms with E-state index in [-0.39, 0.29) is 11.7 Å². The van der Waals surface area contributed by atoms with Gasteiger partial charge < -0.3 is 5.32 Å². The van der Waals surface area contributed by atoms with Crippen molar-refractivity contribution in [1.29, 1.82) is 0 Å². The van der Waals surface area contributed by atoms with Gasteiger partial charge in [-0.2, -0.15) is 0 Å². The number of anilines is 2. The van der Waals surface area contributed by atoms with Crippen molar-refractivity contribution in [3.63, 3.8) is 0 Å². The van der Waals surface area contributed by atoms with Gasteiger partial charge >= 0.3 is 0 Å². The largest absolute Gasteiger partial charge is 0.337 e. The Bertz CT molecular complexity index is 647. The number of hydrogen-bond acceptors (Lipinski definition) is 3. The van der Waals surface area contributed by atoms with E-state index in [1.807, 2.05) is 13.8 Å². The van der Waals surface area contributed by atoms with E-state index in [2.05, 4.69) is 31.2 Å². The summed E-state index contributed by atoms with van der Waals surface area (Å²) < 4.78 is 14.6. The minimum Gasteiger partial charge on any atom is -0.337 e. The molecule has 0 spiro atoms. The second kappa shape index (κ2) is 6.06. The molecule has 6 heteroatoms. The van der Waals surface area contributed by atoms with Crippen LogP contribution in [0.5, 0.6) is 0 Å². The molecule has 0 bridgehead atoms. The molecule has 0 unspecified atom stereocenters. The van der Waals surface area contributed by atoms with E-state index in [0.717, 1.165) is 4.47 Å². The molecular formula is C14H14BrClFN3. The molecule has 0 saturated heterocycles. The molecule has 0 radical (unpaired) electrons. The molecule has 2 aromatic rings. The smallest absolute Gasteiger partial charge is 0.146 e. The molecule has 0 amide bonds. The third-order valence-electron chi connectivity index (χ3n) is 2.80. The Hall–Kier alpha value is -1.20. The fraction of sp³-hybridized carbons (Fsp3) is 0.286. The van der Waals surface area contributed by atoms with Crippen LogP contribution in [0.3, 0.4) is 0 Å². The standard InChI is InChI=1S/C14H14BrClFN3/c1-7(2)13-19-12(16)8(3)14(20-13)18-11-6-9(15)4-5-10(11)17/h4-7H,1-3H3,(H,18,19,20). The monoisotopic (exact) mass is 357 g/mol. The zero-order valence-electron chi connectivity index (χ0n) is 11.3. The SMILES string of the molecule is Cc1c(Cl)nc(C(C)C)nc1Nc1cc(Br)ccc1F. The number of rotatable bonds is 3. The Labute approximate surface area is 130 Å². The van der Waals surface area contributed by atoms with Crippen molar-refractivity contribution in [2.24, 2.45) is 0 Å². The number of aromatic nitrogens is 2. The number of halogens is 3. The Kier molecular flexibility index (Phi) is 4.60. The summed E-state index contributed by atoms with van der Waals surface area (Å²) in [6, 6.07) is 4.67. The first-order valence-corrected chi connectivity index (χ1v) is 7.31. The van der Waals surface area contributed by atoms with E-state index in [9.17, 15) is 4.39 Å². The van der Waals surface area contributed by atoms with Gasteiger partial charge in [-0.15, -0.1) is 0 Å². The van der Waals surface area contributed by atoms with E-state index >= 15 is 0 Å². The van der Waals surface area contributed by atoms with Crippen LogP contribution < -0.4 is 5.32 Å². The number of hydrogen-bond donors (Lipinski definition) is 1. The highest BCUT2D eigenvalue weighted by Gasteiger charge is 2.13. The van der Waals surface area contributed by atoms with Crippen molar-refractivity contribution in [2.75, 3.05) is 5.32 Å². The van der Waals surface area contributed by atoms with Crippen molar-refractivity contribution in [3.8, 4) is 0 Å². The molecule has 0 aliphatic heterocycles. The highest BCUT2D eigenvalue weighted by Crippen LogP contribution is 2.28. The van der Waals surface area contributed by atoms with Gasteiger partial charge in [0, 0.05) is 16.0 Å². The van der Waals surface area contributed by atoms with E-state index in [1.54, 1.807) is 19.1 Å². The lowest BCUT2D eigenvalue weighted by Crippen LogP contribution is -2.06. The van der Waals surface area contributed by atoms with Crippen LogP contribution >= 0.6 is 27.5 Å². The molecule has 1 aromatic heterocycles. The minimum atomic E-state index is -0.353. The number of benzene rings is 1. The summed E-state index contributed by atoms with van der Waals surface area (Å²) in [7, 11) is 0. The van der Waals surface area contributed by atoms with E-state index in [1.165, 1.54) is 6.07 Å². The maximum atomic E-state index is 13.8. The number of nitrogens with zero attached hydrogens (tertiary/aromatic N) is 2. The fourth-order valence-corrected chi connectivity index (χ4v) is 2.14. The molecule has 0 fully saturated rings. The summed E-state index contributed by atoms with van der Waals surface area (Å²) in [5.74, 6) is 0.929. The highest BCUT2D eigenvalue weighted by atomic mass is 79.9. The molecule has 2 rings (SSSR count). The van der Waals surface area contributed by atoms with Gasteiger partial charge in [0.25, 0.3) is 0 Å². The second-order valence-corrected chi connectivity index (χ2v) is 6.02. The lowest BCUT2D eigenvalue weighted by atomic mass is 10.2. The summed E-state index contributed by atoms with van der Waals surface area (Å²) in [6.45, 7) is 5.75. The summed E-state index contributed by atoms with van der Waals surface area (Å²) >= 11 is 9.42. The van der Waals surface area contributed by atoms with Crippen LogP contribution in [-0.4, -0.2) is 9.97 Å². The Morgan fingerprint density at radius 3 is 2.65 bits per heavy atom. The fourth-order valence-electron chi connectivity index (χ4n) is 1.61. The van der Waals surface area contributed by atoms with E-state index < -0.39 is 0 Å². The van der Waals surface area contributed by atoms with Gasteiger partial charge in [0.2, 0.25) is 0 Å². The van der Waals surface area contributed by atoms with Gasteiger partial charge in [0.15, 0.2) is 0 Å². The van der Waals surface area contributed by atoms with Crippen LogP contribution in [0.25, 0.3) is 0 Å². The quantitative estimate of drug-likeness (QED) is 0.766.